The van der Waals surface area contributed by atoms with Crippen LogP contribution in [-0.4, -0.2) is 33.0 Å². The Morgan fingerprint density at radius 1 is 1.11 bits per heavy atom. The number of anilines is 1. The second-order valence-electron chi connectivity index (χ2n) is 6.98. The molecule has 0 spiro atoms. The molecule has 2 heterocycles. The highest BCUT2D eigenvalue weighted by molar-refractivity contribution is 7.99. The van der Waals surface area contributed by atoms with Gasteiger partial charge in [0.05, 0.1) is 5.75 Å². The first kappa shape index (κ1) is 18.7. The van der Waals surface area contributed by atoms with Gasteiger partial charge in [0.1, 0.15) is 0 Å². The van der Waals surface area contributed by atoms with Gasteiger partial charge in [-0.05, 0) is 38.3 Å². The molecule has 1 aromatic heterocycles. The summed E-state index contributed by atoms with van der Waals surface area (Å²) in [6, 6.07) is 16.5. The molecule has 2 aromatic carbocycles. The first-order chi connectivity index (χ1) is 13.7. The molecule has 0 atom stereocenters. The largest absolute Gasteiger partial charge is 0.311 e. The van der Waals surface area contributed by atoms with Crippen LogP contribution < -0.4 is 4.90 Å². The molecule has 6 heteroatoms. The molecule has 1 amide bonds. The van der Waals surface area contributed by atoms with Gasteiger partial charge < -0.3 is 9.47 Å². The Bertz CT molecular complexity index is 980. The average Bonchev–Trinajstić information content (AvgIpc) is 3.15. The van der Waals surface area contributed by atoms with Gasteiger partial charge in [0.2, 0.25) is 5.91 Å². The molecule has 0 saturated carbocycles. The molecular formula is C22H24N4OS. The minimum Gasteiger partial charge on any atom is -0.311 e. The molecule has 0 aliphatic carbocycles. The van der Waals surface area contributed by atoms with Gasteiger partial charge in [-0.15, -0.1) is 10.2 Å². The van der Waals surface area contributed by atoms with Crippen LogP contribution in [0.15, 0.2) is 53.7 Å². The lowest BCUT2D eigenvalue weighted by molar-refractivity contribution is -0.116. The van der Waals surface area contributed by atoms with Crippen LogP contribution in [0.3, 0.4) is 0 Å². The zero-order chi connectivity index (χ0) is 19.5. The number of fused-ring (bicyclic) bond motifs is 1. The Balaban J connectivity index is 1.50. The first-order valence-electron chi connectivity index (χ1n) is 9.68. The molecule has 0 saturated heterocycles. The summed E-state index contributed by atoms with van der Waals surface area (Å²) < 4.78 is 2.08. The van der Waals surface area contributed by atoms with Crippen molar-refractivity contribution in [2.24, 2.45) is 0 Å². The number of benzene rings is 2. The van der Waals surface area contributed by atoms with Crippen LogP contribution in [0, 0.1) is 6.92 Å². The highest BCUT2D eigenvalue weighted by Crippen LogP contribution is 2.29. The van der Waals surface area contributed by atoms with Crippen LogP contribution in [0.2, 0.25) is 0 Å². The highest BCUT2D eigenvalue weighted by atomic mass is 32.2. The third-order valence-electron chi connectivity index (χ3n) is 5.08. The maximum atomic E-state index is 12.9. The van der Waals surface area contributed by atoms with Crippen LogP contribution in [-0.2, 0) is 17.8 Å². The van der Waals surface area contributed by atoms with Gasteiger partial charge in [0, 0.05) is 24.3 Å². The van der Waals surface area contributed by atoms with E-state index in [1.807, 2.05) is 23.1 Å². The number of aromatic nitrogens is 3. The molecule has 1 aliphatic rings. The Hall–Kier alpha value is -2.60. The minimum absolute atomic E-state index is 0.125. The smallest absolute Gasteiger partial charge is 0.237 e. The molecule has 3 aromatic rings. The maximum absolute atomic E-state index is 12.9. The van der Waals surface area contributed by atoms with Crippen molar-refractivity contribution in [1.82, 2.24) is 14.8 Å². The van der Waals surface area contributed by atoms with Crippen LogP contribution in [0.4, 0.5) is 5.69 Å². The Morgan fingerprint density at radius 2 is 1.89 bits per heavy atom. The summed E-state index contributed by atoms with van der Waals surface area (Å²) in [5.41, 5.74) is 4.57. The molecular weight excluding hydrogens is 368 g/mol. The number of hydrogen-bond acceptors (Lipinski definition) is 4. The number of carbonyl (C=O) groups excluding carboxylic acids is 1. The van der Waals surface area contributed by atoms with Crippen molar-refractivity contribution in [3.05, 3.63) is 59.7 Å². The number of carbonyl (C=O) groups is 1. The summed E-state index contributed by atoms with van der Waals surface area (Å²) in [6.45, 7) is 5.69. The first-order valence-corrected chi connectivity index (χ1v) is 10.7. The van der Waals surface area contributed by atoms with E-state index < -0.39 is 0 Å². The quantitative estimate of drug-likeness (QED) is 0.606. The van der Waals surface area contributed by atoms with Crippen LogP contribution in [0.25, 0.3) is 11.4 Å². The molecule has 0 N–H and O–H groups in total. The zero-order valence-corrected chi connectivity index (χ0v) is 17.1. The molecule has 1 aliphatic heterocycles. The lowest BCUT2D eigenvalue weighted by Crippen LogP contribution is -2.36. The number of aryl methyl sites for hydroxylation is 2. The second kappa shape index (κ2) is 8.19. The summed E-state index contributed by atoms with van der Waals surface area (Å²) in [5, 5.41) is 9.52. The zero-order valence-electron chi connectivity index (χ0n) is 16.3. The van der Waals surface area contributed by atoms with Gasteiger partial charge in [-0.3, -0.25) is 4.79 Å². The Morgan fingerprint density at radius 3 is 2.68 bits per heavy atom. The summed E-state index contributed by atoms with van der Waals surface area (Å²) >= 11 is 1.46. The normalized spacial score (nSPS) is 13.4. The number of hydrogen-bond donors (Lipinski definition) is 0. The second-order valence-corrected chi connectivity index (χ2v) is 7.93. The minimum atomic E-state index is 0.125. The molecule has 144 valence electrons. The molecule has 5 nitrogen and oxygen atoms in total. The SMILES string of the molecule is CCn1c(SCC(=O)N2CCCc3ccccc32)nnc1-c1ccc(C)cc1. The summed E-state index contributed by atoms with van der Waals surface area (Å²) in [4.78, 5) is 14.8. The lowest BCUT2D eigenvalue weighted by Gasteiger charge is -2.29. The average molecular weight is 393 g/mol. The standard InChI is InChI=1S/C22H24N4OS/c1-3-25-21(18-12-10-16(2)11-13-18)23-24-22(25)28-15-20(27)26-14-6-8-17-7-4-5-9-19(17)26/h4-5,7,9-13H,3,6,8,14-15H2,1-2H3. The van der Waals surface area contributed by atoms with Crippen LogP contribution in [0.1, 0.15) is 24.5 Å². The van der Waals surface area contributed by atoms with Crippen molar-refractivity contribution in [2.75, 3.05) is 17.2 Å². The predicted octanol–water partition coefficient (Wildman–Crippen LogP) is 4.34. The van der Waals surface area contributed by atoms with E-state index in [0.717, 1.165) is 48.2 Å². The number of thioether (sulfide) groups is 1. The Labute approximate surface area is 169 Å². The number of rotatable bonds is 5. The van der Waals surface area contributed by atoms with Crippen molar-refractivity contribution >= 4 is 23.4 Å². The monoisotopic (exact) mass is 392 g/mol. The van der Waals surface area contributed by atoms with Gasteiger partial charge in [-0.25, -0.2) is 0 Å². The van der Waals surface area contributed by atoms with Gasteiger partial charge in [0.25, 0.3) is 0 Å². The number of para-hydroxylation sites is 1. The van der Waals surface area contributed by atoms with Crippen molar-refractivity contribution < 1.29 is 4.79 Å². The Kier molecular flexibility index (Phi) is 5.48. The van der Waals surface area contributed by atoms with Crippen molar-refractivity contribution in [1.29, 1.82) is 0 Å². The predicted molar refractivity (Wildman–Crippen MR) is 114 cm³/mol. The third kappa shape index (κ3) is 3.69. The van der Waals surface area contributed by atoms with E-state index in [4.69, 9.17) is 0 Å². The molecule has 0 unspecified atom stereocenters. The molecule has 28 heavy (non-hydrogen) atoms. The van der Waals surface area contributed by atoms with E-state index in [-0.39, 0.29) is 5.91 Å². The van der Waals surface area contributed by atoms with E-state index in [2.05, 4.69) is 58.9 Å². The van der Waals surface area contributed by atoms with Crippen molar-refractivity contribution in [3.63, 3.8) is 0 Å². The van der Waals surface area contributed by atoms with E-state index in [0.29, 0.717) is 5.75 Å². The van der Waals surface area contributed by atoms with E-state index >= 15 is 0 Å². The molecule has 0 fully saturated rings. The van der Waals surface area contributed by atoms with E-state index in [1.165, 1.54) is 22.9 Å². The summed E-state index contributed by atoms with van der Waals surface area (Å²) in [5.74, 6) is 1.33. The summed E-state index contributed by atoms with van der Waals surface area (Å²) in [7, 11) is 0. The fourth-order valence-corrected chi connectivity index (χ4v) is 4.47. The van der Waals surface area contributed by atoms with Crippen molar-refractivity contribution in [3.8, 4) is 11.4 Å². The fourth-order valence-electron chi connectivity index (χ4n) is 3.59. The lowest BCUT2D eigenvalue weighted by atomic mass is 10.0. The van der Waals surface area contributed by atoms with Crippen LogP contribution in [0.5, 0.6) is 0 Å². The van der Waals surface area contributed by atoms with Crippen LogP contribution >= 0.6 is 11.8 Å². The third-order valence-corrected chi connectivity index (χ3v) is 6.03. The van der Waals surface area contributed by atoms with E-state index in [1.54, 1.807) is 0 Å². The van der Waals surface area contributed by atoms with Crippen molar-refractivity contribution in [2.45, 2.75) is 38.4 Å². The van der Waals surface area contributed by atoms with Gasteiger partial charge >= 0.3 is 0 Å². The highest BCUT2D eigenvalue weighted by Gasteiger charge is 2.23. The molecule has 0 radical (unpaired) electrons. The number of amides is 1. The van der Waals surface area contributed by atoms with Gasteiger partial charge in [-0.1, -0.05) is 59.8 Å². The topological polar surface area (TPSA) is 51.0 Å². The van der Waals surface area contributed by atoms with Gasteiger partial charge in [0.15, 0.2) is 11.0 Å². The molecule has 0 bridgehead atoms. The maximum Gasteiger partial charge on any atom is 0.237 e. The van der Waals surface area contributed by atoms with E-state index in [9.17, 15) is 4.79 Å². The summed E-state index contributed by atoms with van der Waals surface area (Å²) in [6.07, 6.45) is 2.05. The number of nitrogens with zero attached hydrogens (tertiary/aromatic N) is 4. The fraction of sp³-hybridized carbons (Fsp3) is 0.318. The molecule has 4 rings (SSSR count). The van der Waals surface area contributed by atoms with Gasteiger partial charge in [-0.2, -0.15) is 0 Å².